The van der Waals surface area contributed by atoms with Crippen LogP contribution in [0.15, 0.2) is 60.7 Å². The van der Waals surface area contributed by atoms with E-state index in [2.05, 4.69) is 0 Å². The average molecular weight is 471 g/mol. The minimum atomic E-state index is -0.977. The van der Waals surface area contributed by atoms with Gasteiger partial charge in [0.25, 0.3) is 0 Å². The van der Waals surface area contributed by atoms with Gasteiger partial charge in [-0.2, -0.15) is 0 Å². The molecule has 2 aromatic rings. The maximum absolute atomic E-state index is 12.2. The highest BCUT2D eigenvalue weighted by atomic mass is 16.8. The average Bonchev–Trinajstić information content (AvgIpc) is 3.19. The normalized spacial score (nSPS) is 28.9. The molecule has 0 saturated carbocycles. The van der Waals surface area contributed by atoms with Crippen LogP contribution in [0.25, 0.3) is 0 Å². The predicted octanol–water partition coefficient (Wildman–Crippen LogP) is 4.03. The van der Waals surface area contributed by atoms with Crippen LogP contribution in [0.1, 0.15) is 38.8 Å². The monoisotopic (exact) mass is 470 g/mol. The Labute approximate surface area is 201 Å². The van der Waals surface area contributed by atoms with E-state index in [-0.39, 0.29) is 12.7 Å². The van der Waals surface area contributed by atoms with E-state index >= 15 is 0 Å². The number of hydrogen-bond donors (Lipinski definition) is 0. The molecule has 34 heavy (non-hydrogen) atoms. The summed E-state index contributed by atoms with van der Waals surface area (Å²) in [5, 5.41) is 0. The number of aldehydes is 1. The van der Waals surface area contributed by atoms with Gasteiger partial charge in [-0.1, -0.05) is 60.7 Å². The van der Waals surface area contributed by atoms with Gasteiger partial charge in [-0.15, -0.1) is 0 Å². The topological polar surface area (TPSA) is 72.5 Å². The zero-order valence-electron chi connectivity index (χ0n) is 20.2. The van der Waals surface area contributed by atoms with E-state index in [9.17, 15) is 4.79 Å². The third-order valence-corrected chi connectivity index (χ3v) is 5.91. The van der Waals surface area contributed by atoms with Crippen molar-refractivity contribution in [3.05, 3.63) is 71.8 Å². The van der Waals surface area contributed by atoms with Crippen LogP contribution in [0.5, 0.6) is 0 Å². The quantitative estimate of drug-likeness (QED) is 0.513. The minimum Gasteiger partial charge on any atom is -0.368 e. The first-order chi connectivity index (χ1) is 16.3. The molecule has 0 spiro atoms. The van der Waals surface area contributed by atoms with Crippen molar-refractivity contribution in [2.24, 2.45) is 0 Å². The molecule has 0 aromatic heterocycles. The molecule has 0 amide bonds. The first-order valence-electron chi connectivity index (χ1n) is 11.7. The Kier molecular flexibility index (Phi) is 7.82. The molecule has 0 unspecified atom stereocenters. The molecule has 184 valence electrons. The summed E-state index contributed by atoms with van der Waals surface area (Å²) in [6.07, 6.45) is -2.32. The van der Waals surface area contributed by atoms with Crippen LogP contribution in [0, 0.1) is 0 Å². The van der Waals surface area contributed by atoms with Gasteiger partial charge in [0.15, 0.2) is 17.9 Å². The van der Waals surface area contributed by atoms with Gasteiger partial charge in [0.1, 0.15) is 30.5 Å². The Morgan fingerprint density at radius 1 is 0.882 bits per heavy atom. The lowest BCUT2D eigenvalue weighted by Gasteiger charge is -2.48. The van der Waals surface area contributed by atoms with Crippen LogP contribution >= 0.6 is 0 Å². The van der Waals surface area contributed by atoms with E-state index in [1.807, 2.05) is 88.4 Å². The molecule has 5 atom stereocenters. The summed E-state index contributed by atoms with van der Waals surface area (Å²) in [6, 6.07) is 19.6. The lowest BCUT2D eigenvalue weighted by atomic mass is 9.96. The van der Waals surface area contributed by atoms with Crippen LogP contribution in [0.4, 0.5) is 0 Å². The van der Waals surface area contributed by atoms with Gasteiger partial charge >= 0.3 is 0 Å². The zero-order chi connectivity index (χ0) is 24.2. The van der Waals surface area contributed by atoms with E-state index in [1.165, 1.54) is 0 Å². The van der Waals surface area contributed by atoms with Gasteiger partial charge in [0.2, 0.25) is 0 Å². The minimum absolute atomic E-state index is 0.275. The summed E-state index contributed by atoms with van der Waals surface area (Å²) < 4.78 is 37.0. The number of carbonyl (C=O) groups is 1. The van der Waals surface area contributed by atoms with Crippen LogP contribution in [-0.4, -0.2) is 55.0 Å². The summed E-state index contributed by atoms with van der Waals surface area (Å²) in [4.78, 5) is 12.2. The zero-order valence-corrected chi connectivity index (χ0v) is 20.2. The van der Waals surface area contributed by atoms with Gasteiger partial charge in [0.05, 0.1) is 19.8 Å². The SMILES string of the molecule is CC1(C)O[C@@H]([C@@H]2COC(C)(C)O2)[C@H](OCc2ccccc2)[C@@H]([C@@H](C=O)OCc2ccccc2)O1. The van der Waals surface area contributed by atoms with E-state index in [0.717, 1.165) is 17.4 Å². The molecule has 0 N–H and O–H groups in total. The summed E-state index contributed by atoms with van der Waals surface area (Å²) >= 11 is 0. The van der Waals surface area contributed by atoms with Crippen molar-refractivity contribution < 1.29 is 33.2 Å². The molecule has 2 aliphatic rings. The number of benzene rings is 2. The second-order valence-corrected chi connectivity index (χ2v) is 9.59. The number of rotatable bonds is 9. The van der Waals surface area contributed by atoms with Crippen molar-refractivity contribution in [3.8, 4) is 0 Å². The molecular weight excluding hydrogens is 436 g/mol. The van der Waals surface area contributed by atoms with Crippen LogP contribution in [0.2, 0.25) is 0 Å². The smallest absolute Gasteiger partial charge is 0.164 e. The largest absolute Gasteiger partial charge is 0.368 e. The molecular formula is C27H34O7. The van der Waals surface area contributed by atoms with Crippen LogP contribution in [0.3, 0.4) is 0 Å². The van der Waals surface area contributed by atoms with E-state index in [0.29, 0.717) is 13.2 Å². The van der Waals surface area contributed by atoms with E-state index in [4.69, 9.17) is 28.4 Å². The van der Waals surface area contributed by atoms with Crippen LogP contribution in [-0.2, 0) is 46.4 Å². The highest BCUT2D eigenvalue weighted by Gasteiger charge is 2.53. The third-order valence-electron chi connectivity index (χ3n) is 5.91. The maximum Gasteiger partial charge on any atom is 0.164 e. The van der Waals surface area contributed by atoms with Crippen molar-refractivity contribution in [1.82, 2.24) is 0 Å². The maximum atomic E-state index is 12.2. The van der Waals surface area contributed by atoms with Gasteiger partial charge in [-0.25, -0.2) is 0 Å². The lowest BCUT2D eigenvalue weighted by molar-refractivity contribution is -0.363. The van der Waals surface area contributed by atoms with Crippen molar-refractivity contribution in [3.63, 3.8) is 0 Å². The number of hydrogen-bond acceptors (Lipinski definition) is 7. The molecule has 7 heteroatoms. The Morgan fingerprint density at radius 2 is 1.50 bits per heavy atom. The molecule has 4 rings (SSSR count). The van der Waals surface area contributed by atoms with Gasteiger partial charge in [-0.3, -0.25) is 0 Å². The fourth-order valence-corrected chi connectivity index (χ4v) is 4.36. The summed E-state index contributed by atoms with van der Waals surface area (Å²) in [7, 11) is 0. The van der Waals surface area contributed by atoms with Crippen LogP contribution < -0.4 is 0 Å². The fourth-order valence-electron chi connectivity index (χ4n) is 4.36. The highest BCUT2D eigenvalue weighted by Crippen LogP contribution is 2.37. The third kappa shape index (κ3) is 6.30. The number of carbonyl (C=O) groups excluding carboxylic acids is 1. The molecule has 2 heterocycles. The fraction of sp³-hybridized carbons (Fsp3) is 0.519. The molecule has 2 aliphatic heterocycles. The van der Waals surface area contributed by atoms with Gasteiger partial charge < -0.3 is 33.2 Å². The summed E-state index contributed by atoms with van der Waals surface area (Å²) in [5.74, 6) is -1.71. The Morgan fingerprint density at radius 3 is 2.06 bits per heavy atom. The van der Waals surface area contributed by atoms with E-state index < -0.39 is 36.0 Å². The molecule has 0 bridgehead atoms. The van der Waals surface area contributed by atoms with Crippen molar-refractivity contribution in [1.29, 1.82) is 0 Å². The predicted molar refractivity (Wildman–Crippen MR) is 125 cm³/mol. The molecule has 7 nitrogen and oxygen atoms in total. The molecule has 2 fully saturated rings. The Hall–Kier alpha value is -2.13. The first-order valence-corrected chi connectivity index (χ1v) is 11.7. The van der Waals surface area contributed by atoms with Crippen molar-refractivity contribution >= 4 is 6.29 Å². The molecule has 0 aliphatic carbocycles. The van der Waals surface area contributed by atoms with Gasteiger partial charge in [-0.05, 0) is 38.8 Å². The highest BCUT2D eigenvalue weighted by molar-refractivity contribution is 5.57. The first kappa shape index (κ1) is 25.0. The van der Waals surface area contributed by atoms with E-state index in [1.54, 1.807) is 0 Å². The Bertz CT molecular complexity index is 915. The Balaban J connectivity index is 1.58. The standard InChI is InChI=1S/C27H34O7/c1-26(2)31-18-22(32-26)24-25(30-17-20-13-9-6-10-14-20)23(33-27(3,4)34-24)21(15-28)29-16-19-11-7-5-8-12-19/h5-15,21-25H,16-18H2,1-4H3/t21-,22+,23-,24+,25-/m1/s1. The molecule has 2 saturated heterocycles. The summed E-state index contributed by atoms with van der Waals surface area (Å²) in [6.45, 7) is 8.32. The second kappa shape index (κ2) is 10.6. The van der Waals surface area contributed by atoms with Crippen molar-refractivity contribution in [2.45, 2.75) is 83.0 Å². The van der Waals surface area contributed by atoms with Crippen molar-refractivity contribution in [2.75, 3.05) is 6.61 Å². The number of ether oxygens (including phenoxy) is 6. The van der Waals surface area contributed by atoms with Gasteiger partial charge in [0, 0.05) is 0 Å². The molecule has 0 radical (unpaired) electrons. The lowest BCUT2D eigenvalue weighted by Crippen LogP contribution is -2.63. The second-order valence-electron chi connectivity index (χ2n) is 9.59. The summed E-state index contributed by atoms with van der Waals surface area (Å²) in [5.41, 5.74) is 1.97. The molecule has 2 aromatic carbocycles.